The summed E-state index contributed by atoms with van der Waals surface area (Å²) in [4.78, 5) is 26.7. The van der Waals surface area contributed by atoms with Gasteiger partial charge in [-0.15, -0.1) is 0 Å². The maximum absolute atomic E-state index is 12.5. The molecule has 0 spiro atoms. The molecule has 0 aliphatic carbocycles. The van der Waals surface area contributed by atoms with Gasteiger partial charge >= 0.3 is 6.03 Å². The molecule has 31 heavy (non-hydrogen) atoms. The number of amides is 3. The van der Waals surface area contributed by atoms with Gasteiger partial charge in [0.1, 0.15) is 0 Å². The number of urea groups is 1. The van der Waals surface area contributed by atoms with Crippen LogP contribution in [0.1, 0.15) is 50.1 Å². The molecule has 0 radical (unpaired) electrons. The predicted octanol–water partition coefficient (Wildman–Crippen LogP) is 3.90. The molecular weight excluding hydrogens is 390 g/mol. The van der Waals surface area contributed by atoms with Gasteiger partial charge in [0, 0.05) is 43.5 Å². The van der Waals surface area contributed by atoms with Gasteiger partial charge in [-0.25, -0.2) is 4.79 Å². The largest absolute Gasteiger partial charge is 0.353 e. The number of nitrogens with one attached hydrogen (secondary N) is 2. The van der Waals surface area contributed by atoms with E-state index in [9.17, 15) is 9.59 Å². The summed E-state index contributed by atoms with van der Waals surface area (Å²) in [5.41, 5.74) is 4.16. The van der Waals surface area contributed by atoms with Crippen molar-refractivity contribution in [1.82, 2.24) is 20.0 Å². The first-order valence-corrected chi connectivity index (χ1v) is 11.3. The minimum atomic E-state index is -0.0830. The standard InChI is InChI=1S/C24H35N5O2/c1-17(2)16-29-19(4)22(18(3)27-29)10-11-23(30)25-21-12-14-28(15-13-21)24(31)26-20-8-6-5-7-9-20/h5-9,17,21H,10-16H2,1-4H3,(H,25,30)(H,26,31). The van der Waals surface area contributed by atoms with E-state index in [0.717, 1.165) is 36.5 Å². The van der Waals surface area contributed by atoms with E-state index in [4.69, 9.17) is 0 Å². The van der Waals surface area contributed by atoms with E-state index in [1.807, 2.05) is 42.2 Å². The highest BCUT2D eigenvalue weighted by Crippen LogP contribution is 2.17. The van der Waals surface area contributed by atoms with E-state index < -0.39 is 0 Å². The van der Waals surface area contributed by atoms with Gasteiger partial charge in [0.2, 0.25) is 5.91 Å². The van der Waals surface area contributed by atoms with E-state index in [0.29, 0.717) is 31.8 Å². The van der Waals surface area contributed by atoms with Gasteiger partial charge in [-0.1, -0.05) is 32.0 Å². The lowest BCUT2D eigenvalue weighted by atomic mass is 10.0. The van der Waals surface area contributed by atoms with Crippen LogP contribution in [0.4, 0.5) is 10.5 Å². The molecule has 2 N–H and O–H groups in total. The zero-order chi connectivity index (χ0) is 22.4. The number of piperidine rings is 1. The fourth-order valence-corrected chi connectivity index (χ4v) is 4.11. The van der Waals surface area contributed by atoms with Gasteiger partial charge in [0.25, 0.3) is 0 Å². The Morgan fingerprint density at radius 2 is 1.81 bits per heavy atom. The van der Waals surface area contributed by atoms with Gasteiger partial charge in [-0.3, -0.25) is 9.48 Å². The quantitative estimate of drug-likeness (QED) is 0.706. The number of hydrogen-bond acceptors (Lipinski definition) is 3. The molecule has 1 aromatic carbocycles. The van der Waals surface area contributed by atoms with Crippen LogP contribution in [0, 0.1) is 19.8 Å². The van der Waals surface area contributed by atoms with Crippen molar-refractivity contribution in [3.05, 3.63) is 47.3 Å². The topological polar surface area (TPSA) is 79.3 Å². The van der Waals surface area contributed by atoms with Crippen molar-refractivity contribution >= 4 is 17.6 Å². The summed E-state index contributed by atoms with van der Waals surface area (Å²) in [6, 6.07) is 9.51. The molecule has 1 aliphatic rings. The number of hydrogen-bond donors (Lipinski definition) is 2. The van der Waals surface area contributed by atoms with Crippen LogP contribution in [0.15, 0.2) is 30.3 Å². The normalized spacial score (nSPS) is 14.7. The number of benzene rings is 1. The summed E-state index contributed by atoms with van der Waals surface area (Å²) in [5.74, 6) is 0.609. The first-order valence-electron chi connectivity index (χ1n) is 11.3. The van der Waals surface area contributed by atoms with Crippen LogP contribution < -0.4 is 10.6 Å². The first kappa shape index (κ1) is 22.8. The minimum Gasteiger partial charge on any atom is -0.353 e. The van der Waals surface area contributed by atoms with Crippen LogP contribution in [0.2, 0.25) is 0 Å². The van der Waals surface area contributed by atoms with Gasteiger partial charge in [0.15, 0.2) is 0 Å². The fourth-order valence-electron chi connectivity index (χ4n) is 4.11. The molecule has 7 heteroatoms. The maximum Gasteiger partial charge on any atom is 0.321 e. The second kappa shape index (κ2) is 10.5. The highest BCUT2D eigenvalue weighted by molar-refractivity contribution is 5.89. The summed E-state index contributed by atoms with van der Waals surface area (Å²) in [5, 5.41) is 10.7. The van der Waals surface area contributed by atoms with Crippen LogP contribution >= 0.6 is 0 Å². The highest BCUT2D eigenvalue weighted by Gasteiger charge is 2.24. The third-order valence-electron chi connectivity index (χ3n) is 5.84. The lowest BCUT2D eigenvalue weighted by Crippen LogP contribution is -2.47. The molecule has 0 atom stereocenters. The molecule has 0 saturated carbocycles. The predicted molar refractivity (Wildman–Crippen MR) is 123 cm³/mol. The lowest BCUT2D eigenvalue weighted by molar-refractivity contribution is -0.122. The zero-order valence-corrected chi connectivity index (χ0v) is 19.1. The molecule has 168 valence electrons. The Morgan fingerprint density at radius 3 is 2.45 bits per heavy atom. The van der Waals surface area contributed by atoms with E-state index in [1.165, 1.54) is 5.56 Å². The Labute approximate surface area is 185 Å². The highest BCUT2D eigenvalue weighted by atomic mass is 16.2. The Bertz CT molecular complexity index is 883. The molecule has 1 fully saturated rings. The van der Waals surface area contributed by atoms with Gasteiger partial charge < -0.3 is 15.5 Å². The number of rotatable bonds is 7. The molecule has 0 unspecified atom stereocenters. The van der Waals surface area contributed by atoms with Crippen molar-refractivity contribution in [3.8, 4) is 0 Å². The third kappa shape index (κ3) is 6.32. The van der Waals surface area contributed by atoms with E-state index in [1.54, 1.807) is 0 Å². The third-order valence-corrected chi connectivity index (χ3v) is 5.84. The molecule has 1 saturated heterocycles. The summed E-state index contributed by atoms with van der Waals surface area (Å²) in [6.07, 6.45) is 2.72. The molecule has 3 rings (SSSR count). The van der Waals surface area contributed by atoms with Crippen molar-refractivity contribution in [2.24, 2.45) is 5.92 Å². The molecule has 2 aromatic rings. The van der Waals surface area contributed by atoms with Crippen molar-refractivity contribution in [1.29, 1.82) is 0 Å². The van der Waals surface area contributed by atoms with Crippen molar-refractivity contribution in [2.45, 2.75) is 66.0 Å². The minimum absolute atomic E-state index is 0.0718. The number of aryl methyl sites for hydroxylation is 1. The molecule has 7 nitrogen and oxygen atoms in total. The Balaban J connectivity index is 1.42. The van der Waals surface area contributed by atoms with E-state index in [2.05, 4.69) is 41.2 Å². The number of carbonyl (C=O) groups is 2. The fraction of sp³-hybridized carbons (Fsp3) is 0.542. The van der Waals surface area contributed by atoms with Crippen LogP contribution in [0.25, 0.3) is 0 Å². The maximum atomic E-state index is 12.5. The number of likely N-dealkylation sites (tertiary alicyclic amines) is 1. The lowest BCUT2D eigenvalue weighted by Gasteiger charge is -2.32. The monoisotopic (exact) mass is 425 g/mol. The molecule has 3 amide bonds. The number of nitrogens with zero attached hydrogens (tertiary/aromatic N) is 3. The van der Waals surface area contributed by atoms with Gasteiger partial charge in [-0.2, -0.15) is 5.10 Å². The van der Waals surface area contributed by atoms with Crippen molar-refractivity contribution in [3.63, 3.8) is 0 Å². The molecule has 0 bridgehead atoms. The van der Waals surface area contributed by atoms with E-state index >= 15 is 0 Å². The second-order valence-electron chi connectivity index (χ2n) is 8.85. The summed E-state index contributed by atoms with van der Waals surface area (Å²) in [7, 11) is 0. The van der Waals surface area contributed by atoms with Gasteiger partial charge in [0.05, 0.1) is 5.69 Å². The number of carbonyl (C=O) groups excluding carboxylic acids is 2. The van der Waals surface area contributed by atoms with Crippen molar-refractivity contribution in [2.75, 3.05) is 18.4 Å². The van der Waals surface area contributed by atoms with Crippen molar-refractivity contribution < 1.29 is 9.59 Å². The van der Waals surface area contributed by atoms with Gasteiger partial charge in [-0.05, 0) is 56.7 Å². The summed E-state index contributed by atoms with van der Waals surface area (Å²) >= 11 is 0. The van der Waals surface area contributed by atoms with Crippen LogP contribution in [0.5, 0.6) is 0 Å². The SMILES string of the molecule is Cc1nn(CC(C)C)c(C)c1CCC(=O)NC1CCN(C(=O)Nc2ccccc2)CC1. The van der Waals surface area contributed by atoms with Crippen LogP contribution in [0.3, 0.4) is 0 Å². The molecule has 1 aliphatic heterocycles. The Morgan fingerprint density at radius 1 is 1.13 bits per heavy atom. The average molecular weight is 426 g/mol. The Kier molecular flexibility index (Phi) is 7.71. The average Bonchev–Trinajstić information content (AvgIpc) is 2.99. The number of anilines is 1. The smallest absolute Gasteiger partial charge is 0.321 e. The Hall–Kier alpha value is -2.83. The van der Waals surface area contributed by atoms with Crippen LogP contribution in [-0.4, -0.2) is 45.8 Å². The molecule has 1 aromatic heterocycles. The number of para-hydroxylation sites is 1. The summed E-state index contributed by atoms with van der Waals surface area (Å²) in [6.45, 7) is 10.7. The molecular formula is C24H35N5O2. The van der Waals surface area contributed by atoms with E-state index in [-0.39, 0.29) is 18.0 Å². The zero-order valence-electron chi connectivity index (χ0n) is 19.1. The molecule has 2 heterocycles. The number of aromatic nitrogens is 2. The first-order chi connectivity index (χ1) is 14.8. The van der Waals surface area contributed by atoms with Crippen LogP contribution in [-0.2, 0) is 17.8 Å². The second-order valence-corrected chi connectivity index (χ2v) is 8.85. The summed E-state index contributed by atoms with van der Waals surface area (Å²) < 4.78 is 2.06.